The molecule has 2 N–H and O–H groups in total. The fourth-order valence-corrected chi connectivity index (χ4v) is 7.86. The van der Waals surface area contributed by atoms with Crippen molar-refractivity contribution in [2.45, 2.75) is 75.8 Å². The van der Waals surface area contributed by atoms with Crippen molar-refractivity contribution in [3.8, 4) is 6.07 Å². The smallest absolute Gasteiger partial charge is 0.243 e. The lowest BCUT2D eigenvalue weighted by Gasteiger charge is -2.43. The number of carbonyl (C=O) groups is 1. The zero-order valence-electron chi connectivity index (χ0n) is 25.6. The summed E-state index contributed by atoms with van der Waals surface area (Å²) in [6, 6.07) is 16.1. The van der Waals surface area contributed by atoms with Crippen molar-refractivity contribution < 1.29 is 32.9 Å². The van der Waals surface area contributed by atoms with Crippen LogP contribution in [0.15, 0.2) is 59.5 Å². The lowest BCUT2D eigenvalue weighted by molar-refractivity contribution is -0.273. The zero-order chi connectivity index (χ0) is 31.9. The Morgan fingerprint density at radius 3 is 2.64 bits per heavy atom. The summed E-state index contributed by atoms with van der Waals surface area (Å²) in [7, 11) is -4.16. The highest BCUT2D eigenvalue weighted by atomic mass is 32.2. The van der Waals surface area contributed by atoms with E-state index in [1.165, 1.54) is 10.4 Å². The van der Waals surface area contributed by atoms with Gasteiger partial charge in [-0.1, -0.05) is 50.2 Å². The molecule has 0 radical (unpaired) electrons. The van der Waals surface area contributed by atoms with E-state index in [4.69, 9.17) is 9.47 Å². The van der Waals surface area contributed by atoms with Crippen LogP contribution in [-0.4, -0.2) is 86.1 Å². The van der Waals surface area contributed by atoms with Crippen molar-refractivity contribution in [2.75, 3.05) is 38.2 Å². The maximum Gasteiger partial charge on any atom is 0.243 e. The number of fused-ring (bicyclic) bond motifs is 1. The van der Waals surface area contributed by atoms with Gasteiger partial charge in [-0.2, -0.15) is 9.57 Å². The average molecular weight is 628 g/mol. The van der Waals surface area contributed by atoms with Gasteiger partial charge in [0, 0.05) is 37.7 Å². The molecular formula is C32H43N4O7S-. The minimum absolute atomic E-state index is 0.00790. The lowest BCUT2D eigenvalue weighted by Crippen LogP contribution is -2.61. The molecule has 11 nitrogen and oxygen atoms in total. The molecule has 240 valence electrons. The molecule has 1 amide bonds. The highest BCUT2D eigenvalue weighted by Gasteiger charge is 2.47. The minimum atomic E-state index is -4.16. The summed E-state index contributed by atoms with van der Waals surface area (Å²) in [6.07, 6.45) is -2.01. The summed E-state index contributed by atoms with van der Waals surface area (Å²) in [5.41, 5.74) is 0.804. The third-order valence-corrected chi connectivity index (χ3v) is 10.2. The van der Waals surface area contributed by atoms with Crippen LogP contribution < -0.4 is 10.4 Å². The number of carboxylic acid groups (broad SMARTS) is 1. The van der Waals surface area contributed by atoms with E-state index >= 15 is 0 Å². The van der Waals surface area contributed by atoms with E-state index in [-0.39, 0.29) is 43.4 Å². The molecule has 44 heavy (non-hydrogen) atoms. The van der Waals surface area contributed by atoms with Gasteiger partial charge in [-0.3, -0.25) is 0 Å². The maximum absolute atomic E-state index is 14.2. The third kappa shape index (κ3) is 8.08. The molecule has 2 aromatic rings. The summed E-state index contributed by atoms with van der Waals surface area (Å²) >= 11 is 0. The first-order chi connectivity index (χ1) is 21.0. The topological polar surface area (TPSA) is 155 Å². The summed E-state index contributed by atoms with van der Waals surface area (Å²) in [5.74, 6) is -0.225. The first-order valence-electron chi connectivity index (χ1n) is 15.1. The summed E-state index contributed by atoms with van der Waals surface area (Å²) in [5, 5.41) is 37.0. The second-order valence-corrected chi connectivity index (χ2v) is 14.2. The number of aliphatic hydroxyl groups is 1. The number of nitriles is 1. The molecule has 2 heterocycles. The van der Waals surface area contributed by atoms with Crippen LogP contribution in [0.4, 0.5) is 10.5 Å². The number of nitrogens with zero attached hydrogens (tertiary/aromatic N) is 3. The highest BCUT2D eigenvalue weighted by molar-refractivity contribution is 7.89. The van der Waals surface area contributed by atoms with Crippen LogP contribution >= 0.6 is 0 Å². The SMILES string of the molecule is CCNc1cccc(S(=O)(=O)N(C[C@@H](O)[C@H](Cc2ccccc2)N(C(=O)[O-])[C@H]2CO[C@H]3OCC[C@H]32)CC(C)(C)CCC#N)c1. The van der Waals surface area contributed by atoms with Gasteiger partial charge in [-0.05, 0) is 55.4 Å². The zero-order valence-corrected chi connectivity index (χ0v) is 26.4. The Bertz CT molecular complexity index is 1400. The van der Waals surface area contributed by atoms with Crippen molar-refractivity contribution in [3.05, 3.63) is 60.2 Å². The Kier molecular flexibility index (Phi) is 11.3. The van der Waals surface area contributed by atoms with Crippen LogP contribution in [0.2, 0.25) is 0 Å². The van der Waals surface area contributed by atoms with E-state index in [0.717, 1.165) is 10.5 Å². The molecule has 2 aliphatic rings. The molecule has 2 aromatic carbocycles. The van der Waals surface area contributed by atoms with Gasteiger partial charge < -0.3 is 34.7 Å². The van der Waals surface area contributed by atoms with E-state index < -0.39 is 46.0 Å². The molecule has 0 spiro atoms. The standard InChI is InChI=1S/C32H44N4O7S/c1-4-34-24-12-8-13-25(19-24)44(40,41)35(22-32(2,3)15-9-16-33)20-29(37)27(18-23-10-6-5-7-11-23)36(31(38)39)28-21-43-30-26(28)14-17-42-30/h5-8,10-13,19,26-30,34,37H,4,9,14-15,17-18,20-22H2,1-3H3,(H,38,39)/p-1/t26-,27-,28-,29+,30+/m0/s1. The largest absolute Gasteiger partial charge is 0.530 e. The number of hydrogen-bond acceptors (Lipinski definition) is 9. The van der Waals surface area contributed by atoms with Crippen molar-refractivity contribution in [1.82, 2.24) is 9.21 Å². The van der Waals surface area contributed by atoms with Gasteiger partial charge in [0.1, 0.15) is 6.09 Å². The lowest BCUT2D eigenvalue weighted by atomic mass is 9.87. The van der Waals surface area contributed by atoms with Crippen LogP contribution in [-0.2, 0) is 25.9 Å². The normalized spacial score (nSPS) is 21.4. The number of hydrogen-bond donors (Lipinski definition) is 2. The number of anilines is 1. The molecule has 2 saturated heterocycles. The van der Waals surface area contributed by atoms with Gasteiger partial charge in [0.05, 0.1) is 42.4 Å². The quantitative estimate of drug-likeness (QED) is 0.303. The Balaban J connectivity index is 1.72. The number of aliphatic hydroxyl groups excluding tert-OH is 1. The molecule has 0 aromatic heterocycles. The van der Waals surface area contributed by atoms with Crippen LogP contribution in [0, 0.1) is 22.7 Å². The highest BCUT2D eigenvalue weighted by Crippen LogP contribution is 2.36. The molecule has 0 saturated carbocycles. The van der Waals surface area contributed by atoms with Crippen LogP contribution in [0.5, 0.6) is 0 Å². The number of sulfonamides is 1. The molecule has 0 aliphatic carbocycles. The van der Waals surface area contributed by atoms with Gasteiger partial charge >= 0.3 is 0 Å². The molecule has 12 heteroatoms. The molecule has 0 bridgehead atoms. The number of nitrogens with one attached hydrogen (secondary N) is 1. The molecule has 0 unspecified atom stereocenters. The number of carbonyl (C=O) groups excluding carboxylic acids is 1. The van der Waals surface area contributed by atoms with Crippen molar-refractivity contribution in [2.24, 2.45) is 11.3 Å². The predicted molar refractivity (Wildman–Crippen MR) is 163 cm³/mol. The summed E-state index contributed by atoms with van der Waals surface area (Å²) in [6.45, 7) is 6.42. The number of benzene rings is 2. The van der Waals surface area contributed by atoms with Crippen molar-refractivity contribution >= 4 is 21.8 Å². The second kappa shape index (κ2) is 14.7. The fraction of sp³-hybridized carbons (Fsp3) is 0.562. The second-order valence-electron chi connectivity index (χ2n) is 12.3. The van der Waals surface area contributed by atoms with Crippen molar-refractivity contribution in [3.63, 3.8) is 0 Å². The molecule has 5 atom stereocenters. The molecule has 2 aliphatic heterocycles. The molecule has 4 rings (SSSR count). The van der Waals surface area contributed by atoms with Crippen LogP contribution in [0.3, 0.4) is 0 Å². The predicted octanol–water partition coefficient (Wildman–Crippen LogP) is 2.82. The van der Waals surface area contributed by atoms with Gasteiger partial charge in [0.2, 0.25) is 10.0 Å². The van der Waals surface area contributed by atoms with Crippen LogP contribution in [0.1, 0.15) is 45.6 Å². The van der Waals surface area contributed by atoms with Crippen molar-refractivity contribution in [1.29, 1.82) is 5.26 Å². The number of amides is 1. The monoisotopic (exact) mass is 627 g/mol. The van der Waals surface area contributed by atoms with Gasteiger partial charge in [-0.15, -0.1) is 0 Å². The third-order valence-electron chi connectivity index (χ3n) is 8.43. The van der Waals surface area contributed by atoms with E-state index in [9.17, 15) is 28.7 Å². The number of ether oxygens (including phenoxy) is 2. The van der Waals surface area contributed by atoms with E-state index in [0.29, 0.717) is 31.7 Å². The summed E-state index contributed by atoms with van der Waals surface area (Å²) in [4.78, 5) is 14.0. The Morgan fingerprint density at radius 2 is 1.95 bits per heavy atom. The number of rotatable bonds is 15. The van der Waals surface area contributed by atoms with E-state index in [1.807, 2.05) is 51.1 Å². The molecule has 2 fully saturated rings. The van der Waals surface area contributed by atoms with Gasteiger partial charge in [0.15, 0.2) is 6.29 Å². The van der Waals surface area contributed by atoms with Crippen LogP contribution in [0.25, 0.3) is 0 Å². The van der Waals surface area contributed by atoms with Gasteiger partial charge in [-0.25, -0.2) is 8.42 Å². The fourth-order valence-electron chi connectivity index (χ4n) is 6.17. The maximum atomic E-state index is 14.2. The minimum Gasteiger partial charge on any atom is -0.530 e. The summed E-state index contributed by atoms with van der Waals surface area (Å²) < 4.78 is 41.0. The Morgan fingerprint density at radius 1 is 1.20 bits per heavy atom. The molecular weight excluding hydrogens is 584 g/mol. The first kappa shape index (κ1) is 33.7. The Hall–Kier alpha value is -3.21. The first-order valence-corrected chi connectivity index (χ1v) is 16.6. The van der Waals surface area contributed by atoms with E-state index in [1.54, 1.807) is 18.2 Å². The average Bonchev–Trinajstić information content (AvgIpc) is 3.61. The van der Waals surface area contributed by atoms with E-state index in [2.05, 4.69) is 11.4 Å². The van der Waals surface area contributed by atoms with Gasteiger partial charge in [0.25, 0.3) is 0 Å². The Labute approximate surface area is 260 Å².